The van der Waals surface area contributed by atoms with Crippen LogP contribution in [-0.4, -0.2) is 30.1 Å². The van der Waals surface area contributed by atoms with E-state index in [0.717, 1.165) is 5.56 Å². The summed E-state index contributed by atoms with van der Waals surface area (Å²) in [6, 6.07) is 8.18. The third-order valence-electron chi connectivity index (χ3n) is 3.46. The second kappa shape index (κ2) is 7.18. The summed E-state index contributed by atoms with van der Waals surface area (Å²) in [5.41, 5.74) is 1.56. The van der Waals surface area contributed by atoms with Crippen molar-refractivity contribution in [3.63, 3.8) is 0 Å². The Kier molecular flexibility index (Phi) is 4.80. The zero-order valence-electron chi connectivity index (χ0n) is 13.5. The predicted molar refractivity (Wildman–Crippen MR) is 95.7 cm³/mol. The highest BCUT2D eigenvalue weighted by molar-refractivity contribution is 7.14. The van der Waals surface area contributed by atoms with Crippen molar-refractivity contribution in [1.82, 2.24) is 9.97 Å². The molecular weight excluding hydrogens is 342 g/mol. The number of carbonyl (C=O) groups is 1. The molecule has 2 aromatic heterocycles. The van der Waals surface area contributed by atoms with Crippen molar-refractivity contribution >= 4 is 22.4 Å². The first-order chi connectivity index (χ1) is 12.1. The number of anilines is 1. The number of aromatic amines is 1. The lowest BCUT2D eigenvalue weighted by Crippen LogP contribution is -2.14. The quantitative estimate of drug-likeness (QED) is 0.732. The summed E-state index contributed by atoms with van der Waals surface area (Å²) in [6.07, 6.45) is 1.36. The number of ether oxygens (including phenoxy) is 2. The van der Waals surface area contributed by atoms with Gasteiger partial charge in [0, 0.05) is 29.3 Å². The number of carbonyl (C=O) groups excluding carboxylic acids is 1. The lowest BCUT2D eigenvalue weighted by atomic mass is 10.1. The van der Waals surface area contributed by atoms with Crippen LogP contribution in [-0.2, 0) is 0 Å². The van der Waals surface area contributed by atoms with Gasteiger partial charge in [-0.2, -0.15) is 0 Å². The molecule has 0 aliphatic rings. The Hall–Kier alpha value is -3.13. The first kappa shape index (κ1) is 16.7. The summed E-state index contributed by atoms with van der Waals surface area (Å²) < 4.78 is 10.6. The average Bonchev–Trinajstić information content (AvgIpc) is 3.09. The van der Waals surface area contributed by atoms with E-state index < -0.39 is 0 Å². The van der Waals surface area contributed by atoms with Crippen molar-refractivity contribution in [2.24, 2.45) is 0 Å². The van der Waals surface area contributed by atoms with E-state index in [9.17, 15) is 9.59 Å². The van der Waals surface area contributed by atoms with Gasteiger partial charge in [0.25, 0.3) is 5.91 Å². The van der Waals surface area contributed by atoms with Crippen molar-refractivity contribution in [2.75, 3.05) is 19.5 Å². The standard InChI is InChI=1S/C17H15N3O4S/c1-23-11-4-5-12(14(7-11)24-2)13-9-25-17(19-13)20-16(22)10-3-6-15(21)18-8-10/h3-9H,1-2H3,(H,18,21)(H,19,20,22). The minimum absolute atomic E-state index is 0.264. The summed E-state index contributed by atoms with van der Waals surface area (Å²) in [6.45, 7) is 0. The molecule has 2 N–H and O–H groups in total. The van der Waals surface area contributed by atoms with Crippen molar-refractivity contribution in [2.45, 2.75) is 0 Å². The SMILES string of the molecule is COc1ccc(-c2csc(NC(=O)c3ccc(=O)[nH]c3)n2)c(OC)c1. The molecule has 0 unspecified atom stereocenters. The molecule has 25 heavy (non-hydrogen) atoms. The third-order valence-corrected chi connectivity index (χ3v) is 4.21. The molecule has 7 nitrogen and oxygen atoms in total. The molecule has 0 atom stereocenters. The maximum absolute atomic E-state index is 12.2. The highest BCUT2D eigenvalue weighted by Crippen LogP contribution is 2.34. The summed E-state index contributed by atoms with van der Waals surface area (Å²) in [5.74, 6) is 0.962. The molecule has 3 aromatic rings. The molecule has 3 rings (SSSR count). The molecule has 0 aliphatic carbocycles. The second-order valence-corrected chi connectivity index (χ2v) is 5.86. The van der Waals surface area contributed by atoms with Crippen LogP contribution in [0.5, 0.6) is 11.5 Å². The van der Waals surface area contributed by atoms with Gasteiger partial charge >= 0.3 is 0 Å². The number of thiazole rings is 1. The van der Waals surface area contributed by atoms with Gasteiger partial charge in [-0.25, -0.2) is 4.98 Å². The second-order valence-electron chi connectivity index (χ2n) is 5.00. The van der Waals surface area contributed by atoms with Crippen molar-refractivity contribution in [1.29, 1.82) is 0 Å². The van der Waals surface area contributed by atoms with Crippen LogP contribution < -0.4 is 20.3 Å². The zero-order valence-corrected chi connectivity index (χ0v) is 14.3. The Bertz CT molecular complexity index is 944. The van der Waals surface area contributed by atoms with Crippen LogP contribution in [0.15, 0.2) is 46.7 Å². The maximum atomic E-state index is 12.2. The molecule has 2 heterocycles. The van der Waals surface area contributed by atoms with Gasteiger partial charge in [-0.1, -0.05) is 0 Å². The third kappa shape index (κ3) is 3.69. The van der Waals surface area contributed by atoms with Gasteiger partial charge in [0.15, 0.2) is 5.13 Å². The Morgan fingerprint density at radius 2 is 2.04 bits per heavy atom. The van der Waals surface area contributed by atoms with Crippen LogP contribution in [0.3, 0.4) is 0 Å². The normalized spacial score (nSPS) is 10.3. The highest BCUT2D eigenvalue weighted by Gasteiger charge is 2.13. The summed E-state index contributed by atoms with van der Waals surface area (Å²) in [5, 5.41) is 4.98. The molecule has 0 saturated carbocycles. The lowest BCUT2D eigenvalue weighted by molar-refractivity contribution is 0.102. The molecule has 1 aromatic carbocycles. The number of hydrogen-bond donors (Lipinski definition) is 2. The van der Waals surface area contributed by atoms with Gasteiger partial charge in [-0.15, -0.1) is 11.3 Å². The lowest BCUT2D eigenvalue weighted by Gasteiger charge is -2.08. The number of aromatic nitrogens is 2. The zero-order chi connectivity index (χ0) is 17.8. The van der Waals surface area contributed by atoms with Crippen LogP contribution in [0, 0.1) is 0 Å². The molecule has 0 fully saturated rings. The molecule has 0 saturated heterocycles. The van der Waals surface area contributed by atoms with Gasteiger partial charge in [0.1, 0.15) is 11.5 Å². The fraction of sp³-hybridized carbons (Fsp3) is 0.118. The Balaban J connectivity index is 1.82. The van der Waals surface area contributed by atoms with Gasteiger partial charge in [-0.05, 0) is 18.2 Å². The van der Waals surface area contributed by atoms with Gasteiger partial charge in [0.05, 0.1) is 25.5 Å². The highest BCUT2D eigenvalue weighted by atomic mass is 32.1. The predicted octanol–water partition coefficient (Wildman–Crippen LogP) is 2.77. The minimum Gasteiger partial charge on any atom is -0.497 e. The molecule has 128 valence electrons. The van der Waals surface area contributed by atoms with Crippen molar-refractivity contribution in [3.05, 3.63) is 57.8 Å². The van der Waals surface area contributed by atoms with Gasteiger partial charge in [0.2, 0.25) is 5.56 Å². The van der Waals surface area contributed by atoms with Crippen LogP contribution in [0.4, 0.5) is 5.13 Å². The van der Waals surface area contributed by atoms with Crippen LogP contribution >= 0.6 is 11.3 Å². The van der Waals surface area contributed by atoms with E-state index in [-0.39, 0.29) is 11.5 Å². The fourth-order valence-corrected chi connectivity index (χ4v) is 2.89. The number of benzene rings is 1. The fourth-order valence-electron chi connectivity index (χ4n) is 2.19. The number of nitrogens with zero attached hydrogens (tertiary/aromatic N) is 1. The van der Waals surface area contributed by atoms with Crippen molar-refractivity contribution in [3.8, 4) is 22.8 Å². The van der Waals surface area contributed by atoms with E-state index in [2.05, 4.69) is 15.3 Å². The summed E-state index contributed by atoms with van der Waals surface area (Å²) >= 11 is 1.30. The Morgan fingerprint density at radius 3 is 2.72 bits per heavy atom. The number of amides is 1. The number of rotatable bonds is 5. The van der Waals surface area contributed by atoms with Gasteiger partial charge < -0.3 is 14.5 Å². The first-order valence-corrected chi connectivity index (χ1v) is 8.16. The number of hydrogen-bond acceptors (Lipinski definition) is 6. The summed E-state index contributed by atoms with van der Waals surface area (Å²) in [7, 11) is 3.16. The van der Waals surface area contributed by atoms with Crippen molar-refractivity contribution < 1.29 is 14.3 Å². The van der Waals surface area contributed by atoms with E-state index in [0.29, 0.717) is 27.9 Å². The smallest absolute Gasteiger partial charge is 0.258 e. The van der Waals surface area contributed by atoms with E-state index in [1.807, 2.05) is 17.5 Å². The average molecular weight is 357 g/mol. The molecule has 0 spiro atoms. The monoisotopic (exact) mass is 357 g/mol. The number of nitrogens with one attached hydrogen (secondary N) is 2. The number of methoxy groups -OCH3 is 2. The molecule has 1 amide bonds. The molecule has 0 radical (unpaired) electrons. The van der Waals surface area contributed by atoms with E-state index >= 15 is 0 Å². The molecule has 0 aliphatic heterocycles. The molecular formula is C17H15N3O4S. The van der Waals surface area contributed by atoms with E-state index in [4.69, 9.17) is 9.47 Å². The minimum atomic E-state index is -0.348. The van der Waals surface area contributed by atoms with Crippen LogP contribution in [0.25, 0.3) is 11.3 Å². The number of H-pyrrole nitrogens is 1. The van der Waals surface area contributed by atoms with Gasteiger partial charge in [-0.3, -0.25) is 14.9 Å². The molecule has 0 bridgehead atoms. The van der Waals surface area contributed by atoms with Crippen LogP contribution in [0.2, 0.25) is 0 Å². The first-order valence-electron chi connectivity index (χ1n) is 7.28. The van der Waals surface area contributed by atoms with Crippen LogP contribution in [0.1, 0.15) is 10.4 Å². The Labute approximate surface area is 147 Å². The summed E-state index contributed by atoms with van der Waals surface area (Å²) in [4.78, 5) is 30.1. The van der Waals surface area contributed by atoms with E-state index in [1.54, 1.807) is 20.3 Å². The largest absolute Gasteiger partial charge is 0.497 e. The van der Waals surface area contributed by atoms with E-state index in [1.165, 1.54) is 29.7 Å². The maximum Gasteiger partial charge on any atom is 0.258 e. The number of pyridine rings is 1. The molecule has 8 heteroatoms. The Morgan fingerprint density at radius 1 is 1.20 bits per heavy atom. The topological polar surface area (TPSA) is 93.3 Å².